The van der Waals surface area contributed by atoms with E-state index in [1.165, 1.54) is 31.3 Å². The predicted molar refractivity (Wildman–Crippen MR) is 70.1 cm³/mol. The molecule has 0 aromatic heterocycles. The molecule has 0 unspecified atom stereocenters. The third kappa shape index (κ3) is 11.1. The molecule has 0 spiro atoms. The molecule has 0 heterocycles. The topological polar surface area (TPSA) is 12.0 Å². The lowest BCUT2D eigenvalue weighted by molar-refractivity contribution is 0.599. The molecule has 0 amide bonds. The Morgan fingerprint density at radius 2 is 1.93 bits per heavy atom. The van der Waals surface area contributed by atoms with Gasteiger partial charge in [-0.2, -0.15) is 0 Å². The second-order valence-corrected chi connectivity index (χ2v) is 3.77. The summed E-state index contributed by atoms with van der Waals surface area (Å²) >= 11 is 0. The van der Waals surface area contributed by atoms with Crippen LogP contribution in [0.3, 0.4) is 0 Å². The number of hydrogen-bond donors (Lipinski definition) is 1. The van der Waals surface area contributed by atoms with Crippen LogP contribution in [0.4, 0.5) is 0 Å². The Kier molecular flexibility index (Phi) is 10.6. The van der Waals surface area contributed by atoms with Gasteiger partial charge in [0.1, 0.15) is 0 Å². The molecular formula is C14H25N. The second kappa shape index (κ2) is 11.3. The summed E-state index contributed by atoms with van der Waals surface area (Å²) in [7, 11) is 0. The van der Waals surface area contributed by atoms with Crippen LogP contribution in [0.5, 0.6) is 0 Å². The first-order valence-corrected chi connectivity index (χ1v) is 5.98. The summed E-state index contributed by atoms with van der Waals surface area (Å²) in [6.45, 7) is 12.0. The van der Waals surface area contributed by atoms with Gasteiger partial charge in [-0.05, 0) is 32.4 Å². The van der Waals surface area contributed by atoms with Crippen molar-refractivity contribution in [2.75, 3.05) is 13.1 Å². The SMILES string of the molecule is C=C/C=C\C(=C)CCCCCCNCC. The fourth-order valence-electron chi connectivity index (χ4n) is 1.42. The van der Waals surface area contributed by atoms with E-state index in [0.29, 0.717) is 0 Å². The van der Waals surface area contributed by atoms with Crippen molar-refractivity contribution in [1.82, 2.24) is 5.32 Å². The van der Waals surface area contributed by atoms with Crippen LogP contribution in [0.15, 0.2) is 37.0 Å². The summed E-state index contributed by atoms with van der Waals surface area (Å²) in [6.07, 6.45) is 12.1. The molecule has 86 valence electrons. The summed E-state index contributed by atoms with van der Waals surface area (Å²) in [5, 5.41) is 3.34. The second-order valence-electron chi connectivity index (χ2n) is 3.77. The van der Waals surface area contributed by atoms with Gasteiger partial charge in [-0.3, -0.25) is 0 Å². The van der Waals surface area contributed by atoms with Crippen molar-refractivity contribution < 1.29 is 0 Å². The minimum Gasteiger partial charge on any atom is -0.317 e. The summed E-state index contributed by atoms with van der Waals surface area (Å²) < 4.78 is 0. The zero-order chi connectivity index (χ0) is 11.4. The quantitative estimate of drug-likeness (QED) is 0.424. The van der Waals surface area contributed by atoms with E-state index in [9.17, 15) is 0 Å². The molecule has 0 aromatic rings. The van der Waals surface area contributed by atoms with E-state index in [0.717, 1.165) is 19.5 Å². The van der Waals surface area contributed by atoms with Gasteiger partial charge in [0, 0.05) is 0 Å². The van der Waals surface area contributed by atoms with Crippen molar-refractivity contribution >= 4 is 0 Å². The number of nitrogens with one attached hydrogen (secondary N) is 1. The van der Waals surface area contributed by atoms with Crippen LogP contribution in [-0.2, 0) is 0 Å². The van der Waals surface area contributed by atoms with Crippen LogP contribution in [0, 0.1) is 0 Å². The average Bonchev–Trinajstić information content (AvgIpc) is 2.25. The minimum atomic E-state index is 1.09. The van der Waals surface area contributed by atoms with Crippen molar-refractivity contribution in [3.63, 3.8) is 0 Å². The van der Waals surface area contributed by atoms with Gasteiger partial charge in [-0.25, -0.2) is 0 Å². The average molecular weight is 207 g/mol. The number of rotatable bonds is 10. The Labute approximate surface area is 95.0 Å². The lowest BCUT2D eigenvalue weighted by Gasteiger charge is -2.02. The maximum absolute atomic E-state index is 3.99. The predicted octanol–water partition coefficient (Wildman–Crippen LogP) is 3.84. The molecule has 0 saturated heterocycles. The van der Waals surface area contributed by atoms with Crippen LogP contribution < -0.4 is 5.32 Å². The van der Waals surface area contributed by atoms with Crippen molar-refractivity contribution in [3.8, 4) is 0 Å². The minimum absolute atomic E-state index is 1.09. The highest BCUT2D eigenvalue weighted by Crippen LogP contribution is 2.09. The smallest absolute Gasteiger partial charge is 0.00490 e. The molecule has 0 bridgehead atoms. The van der Waals surface area contributed by atoms with Crippen LogP contribution in [0.25, 0.3) is 0 Å². The largest absolute Gasteiger partial charge is 0.317 e. The fraction of sp³-hybridized carbons (Fsp3) is 0.571. The highest BCUT2D eigenvalue weighted by molar-refractivity contribution is 5.17. The number of allylic oxidation sites excluding steroid dienone is 4. The molecular weight excluding hydrogens is 182 g/mol. The maximum atomic E-state index is 3.99. The van der Waals surface area contributed by atoms with E-state index in [-0.39, 0.29) is 0 Å². The van der Waals surface area contributed by atoms with Crippen LogP contribution in [0.1, 0.15) is 39.0 Å². The third-order valence-corrected chi connectivity index (χ3v) is 2.32. The molecule has 1 N–H and O–H groups in total. The number of unbranched alkanes of at least 4 members (excludes halogenated alkanes) is 3. The van der Waals surface area contributed by atoms with Crippen molar-refractivity contribution in [2.45, 2.75) is 39.0 Å². The Hall–Kier alpha value is -0.820. The summed E-state index contributed by atoms with van der Waals surface area (Å²) in [5.74, 6) is 0. The fourth-order valence-corrected chi connectivity index (χ4v) is 1.42. The Bertz CT molecular complexity index is 192. The molecule has 1 heteroatoms. The monoisotopic (exact) mass is 207 g/mol. The van der Waals surface area contributed by atoms with Gasteiger partial charge in [-0.15, -0.1) is 0 Å². The molecule has 15 heavy (non-hydrogen) atoms. The van der Waals surface area contributed by atoms with Crippen molar-refractivity contribution in [3.05, 3.63) is 37.0 Å². The molecule has 0 aliphatic rings. The van der Waals surface area contributed by atoms with Gasteiger partial charge in [0.15, 0.2) is 0 Å². The highest BCUT2D eigenvalue weighted by Gasteiger charge is 1.91. The van der Waals surface area contributed by atoms with Crippen molar-refractivity contribution in [1.29, 1.82) is 0 Å². The first-order chi connectivity index (χ1) is 7.31. The molecule has 0 atom stereocenters. The summed E-state index contributed by atoms with van der Waals surface area (Å²) in [6, 6.07) is 0. The van der Waals surface area contributed by atoms with E-state index >= 15 is 0 Å². The first-order valence-electron chi connectivity index (χ1n) is 5.98. The van der Waals surface area contributed by atoms with Gasteiger partial charge in [-0.1, -0.05) is 56.7 Å². The van der Waals surface area contributed by atoms with Gasteiger partial charge < -0.3 is 5.32 Å². The lowest BCUT2D eigenvalue weighted by atomic mass is 10.1. The Morgan fingerprint density at radius 3 is 2.60 bits per heavy atom. The molecule has 0 rings (SSSR count). The molecule has 0 aliphatic carbocycles. The van der Waals surface area contributed by atoms with Crippen LogP contribution in [0.2, 0.25) is 0 Å². The van der Waals surface area contributed by atoms with Gasteiger partial charge in [0.2, 0.25) is 0 Å². The van der Waals surface area contributed by atoms with Crippen molar-refractivity contribution in [2.24, 2.45) is 0 Å². The Morgan fingerprint density at radius 1 is 1.20 bits per heavy atom. The van der Waals surface area contributed by atoms with Crippen LogP contribution in [-0.4, -0.2) is 13.1 Å². The molecule has 0 aliphatic heterocycles. The third-order valence-electron chi connectivity index (χ3n) is 2.32. The molecule has 1 nitrogen and oxygen atoms in total. The maximum Gasteiger partial charge on any atom is -0.00490 e. The molecule has 0 aromatic carbocycles. The zero-order valence-electron chi connectivity index (χ0n) is 10.1. The molecule has 0 radical (unpaired) electrons. The summed E-state index contributed by atoms with van der Waals surface area (Å²) in [4.78, 5) is 0. The molecule has 0 saturated carbocycles. The van der Waals surface area contributed by atoms with E-state index in [2.05, 4.69) is 25.4 Å². The zero-order valence-corrected chi connectivity index (χ0v) is 10.1. The van der Waals surface area contributed by atoms with Gasteiger partial charge in [0.05, 0.1) is 0 Å². The van der Waals surface area contributed by atoms with E-state index in [1.807, 2.05) is 12.2 Å². The lowest BCUT2D eigenvalue weighted by Crippen LogP contribution is -2.13. The first kappa shape index (κ1) is 14.2. The standard InChI is InChI=1S/C14H25N/c1-4-6-11-14(3)12-9-7-8-10-13-15-5-2/h4,6,11,15H,1,3,5,7-10,12-13H2,2H3/b11-6-. The highest BCUT2D eigenvalue weighted by atomic mass is 14.8. The number of hydrogen-bond acceptors (Lipinski definition) is 1. The summed E-state index contributed by atoms with van der Waals surface area (Å²) in [5.41, 5.74) is 1.21. The van der Waals surface area contributed by atoms with Gasteiger partial charge >= 0.3 is 0 Å². The normalized spacial score (nSPS) is 10.7. The van der Waals surface area contributed by atoms with E-state index in [4.69, 9.17) is 0 Å². The van der Waals surface area contributed by atoms with E-state index in [1.54, 1.807) is 6.08 Å². The van der Waals surface area contributed by atoms with E-state index < -0.39 is 0 Å². The Balaban J connectivity index is 3.20. The molecule has 0 fully saturated rings. The van der Waals surface area contributed by atoms with Gasteiger partial charge in [0.25, 0.3) is 0 Å². The van der Waals surface area contributed by atoms with Crippen LogP contribution >= 0.6 is 0 Å².